The van der Waals surface area contributed by atoms with Crippen molar-refractivity contribution < 1.29 is 14.3 Å². The number of rotatable bonds is 2. The summed E-state index contributed by atoms with van der Waals surface area (Å²) in [5.74, 6) is 0.413. The first-order valence-electron chi connectivity index (χ1n) is 12.4. The van der Waals surface area contributed by atoms with Crippen LogP contribution in [0.5, 0.6) is 5.75 Å². The highest BCUT2D eigenvalue weighted by Gasteiger charge is 2.01. The standard InChI is InChI=1S/C10H10N2.C8H9NO3.C7H10N2.C6H8N2/c11-9-5-6-10(12)8-4-2-1-3-7(8)9;1-11-8(10)12-7-4-2-6(9)3-5-7;1-9-7-4-2-6(8)3-5-7;7-5-1-2-6(8)4-3-5/h1-6H,11-12H2;2-5H,9H2,1H3;2-5,9H,8H2,1H3;1-4H,7-8H2. The summed E-state index contributed by atoms with van der Waals surface area (Å²) in [4.78, 5) is 10.6. The molecule has 0 saturated heterocycles. The first kappa shape index (κ1) is 31.4. The van der Waals surface area contributed by atoms with Gasteiger partial charge in [-0.25, -0.2) is 4.79 Å². The molecule has 0 fully saturated rings. The third kappa shape index (κ3) is 11.2. The van der Waals surface area contributed by atoms with Gasteiger partial charge in [0.2, 0.25) is 0 Å². The number of fused-ring (bicyclic) bond motifs is 1. The number of hydrogen-bond acceptors (Lipinski definition) is 10. The highest BCUT2D eigenvalue weighted by Crippen LogP contribution is 2.25. The number of methoxy groups -OCH3 is 1. The molecule has 41 heavy (non-hydrogen) atoms. The molecule has 0 aliphatic heterocycles. The molecule has 13 N–H and O–H groups in total. The summed E-state index contributed by atoms with van der Waals surface area (Å²) in [5, 5.41) is 5.05. The Morgan fingerprint density at radius 1 is 0.561 bits per heavy atom. The molecule has 5 rings (SSSR count). The lowest BCUT2D eigenvalue weighted by atomic mass is 10.1. The maximum atomic E-state index is 10.6. The van der Waals surface area contributed by atoms with E-state index in [4.69, 9.17) is 39.1 Å². The number of hydrogen-bond donors (Lipinski definition) is 7. The van der Waals surface area contributed by atoms with Crippen LogP contribution in [0.3, 0.4) is 0 Å². The minimum absolute atomic E-state index is 0.413. The van der Waals surface area contributed by atoms with Crippen molar-refractivity contribution in [3.63, 3.8) is 0 Å². The summed E-state index contributed by atoms with van der Waals surface area (Å²) >= 11 is 0. The van der Waals surface area contributed by atoms with Crippen molar-refractivity contribution in [2.24, 2.45) is 0 Å². The largest absolute Gasteiger partial charge is 0.513 e. The smallest absolute Gasteiger partial charge is 0.437 e. The number of nitrogens with two attached hydrogens (primary N) is 6. The minimum atomic E-state index is -0.736. The zero-order valence-electron chi connectivity index (χ0n) is 23.1. The van der Waals surface area contributed by atoms with Crippen LogP contribution in [0.2, 0.25) is 0 Å². The highest BCUT2D eigenvalue weighted by molar-refractivity contribution is 6.00. The Bertz CT molecular complexity index is 1430. The molecule has 0 amide bonds. The Balaban J connectivity index is 0.000000194. The predicted octanol–water partition coefficient (Wildman–Crippen LogP) is 5.58. The topological polar surface area (TPSA) is 204 Å². The quantitative estimate of drug-likeness (QED) is 0.0818. The lowest BCUT2D eigenvalue weighted by molar-refractivity contribution is 0.121. The average molecular weight is 556 g/mol. The van der Waals surface area contributed by atoms with E-state index in [-0.39, 0.29) is 0 Å². The molecule has 5 aromatic carbocycles. The molecule has 214 valence electrons. The van der Waals surface area contributed by atoms with E-state index in [2.05, 4.69) is 10.1 Å². The summed E-state index contributed by atoms with van der Waals surface area (Å²) < 4.78 is 8.99. The van der Waals surface area contributed by atoms with E-state index >= 15 is 0 Å². The maximum Gasteiger partial charge on any atom is 0.513 e. The van der Waals surface area contributed by atoms with Crippen LogP contribution < -0.4 is 44.5 Å². The van der Waals surface area contributed by atoms with Gasteiger partial charge in [0.15, 0.2) is 0 Å². The molecule has 10 nitrogen and oxygen atoms in total. The van der Waals surface area contributed by atoms with Crippen molar-refractivity contribution in [2.75, 3.05) is 53.9 Å². The monoisotopic (exact) mass is 555 g/mol. The van der Waals surface area contributed by atoms with E-state index in [9.17, 15) is 4.79 Å². The number of anilines is 7. The molecule has 0 unspecified atom stereocenters. The summed E-state index contributed by atoms with van der Waals surface area (Å²) in [6.07, 6.45) is -0.736. The van der Waals surface area contributed by atoms with E-state index in [0.717, 1.165) is 44.9 Å². The Morgan fingerprint density at radius 3 is 1.29 bits per heavy atom. The van der Waals surface area contributed by atoms with Crippen LogP contribution in [-0.4, -0.2) is 20.3 Å². The predicted molar refractivity (Wildman–Crippen MR) is 172 cm³/mol. The highest BCUT2D eigenvalue weighted by atomic mass is 16.7. The van der Waals surface area contributed by atoms with Crippen LogP contribution in [0.4, 0.5) is 44.6 Å². The van der Waals surface area contributed by atoms with Gasteiger partial charge in [-0.3, -0.25) is 0 Å². The van der Waals surface area contributed by atoms with Crippen molar-refractivity contribution in [1.82, 2.24) is 0 Å². The fraction of sp³-hybridized carbons (Fsp3) is 0.0645. The second kappa shape index (κ2) is 16.2. The molecular formula is C31H37N7O3. The first-order valence-corrected chi connectivity index (χ1v) is 12.4. The molecule has 0 aliphatic carbocycles. The number of nitrogen functional groups attached to an aromatic ring is 6. The number of nitrogens with one attached hydrogen (secondary N) is 1. The molecular weight excluding hydrogens is 518 g/mol. The van der Waals surface area contributed by atoms with E-state index in [0.29, 0.717) is 11.4 Å². The molecule has 0 bridgehead atoms. The Labute approximate surface area is 239 Å². The molecule has 0 atom stereocenters. The third-order valence-corrected chi connectivity index (χ3v) is 5.38. The molecule has 0 spiro atoms. The van der Waals surface area contributed by atoms with Gasteiger partial charge in [0.25, 0.3) is 0 Å². The van der Waals surface area contributed by atoms with Crippen molar-refractivity contribution in [3.05, 3.63) is 109 Å². The summed E-state index contributed by atoms with van der Waals surface area (Å²) in [6, 6.07) is 32.7. The zero-order chi connectivity index (χ0) is 30.2. The van der Waals surface area contributed by atoms with Crippen molar-refractivity contribution >= 4 is 56.7 Å². The zero-order valence-corrected chi connectivity index (χ0v) is 23.1. The minimum Gasteiger partial charge on any atom is -0.437 e. The van der Waals surface area contributed by atoms with Gasteiger partial charge >= 0.3 is 6.16 Å². The van der Waals surface area contributed by atoms with E-state index < -0.39 is 6.16 Å². The van der Waals surface area contributed by atoms with Crippen LogP contribution in [0, 0.1) is 0 Å². The molecule has 0 saturated carbocycles. The number of carbonyl (C=O) groups is 1. The SMILES string of the molecule is CNc1ccc(N)cc1.COC(=O)Oc1ccc(N)cc1.Nc1ccc(N)c2ccccc12.Nc1ccc(N)cc1. The van der Waals surface area contributed by atoms with E-state index in [1.54, 1.807) is 48.5 Å². The van der Waals surface area contributed by atoms with Gasteiger partial charge < -0.3 is 49.2 Å². The molecule has 0 heterocycles. The summed E-state index contributed by atoms with van der Waals surface area (Å²) in [7, 11) is 3.13. The lowest BCUT2D eigenvalue weighted by Gasteiger charge is -2.03. The Kier molecular flexibility index (Phi) is 12.5. The fourth-order valence-corrected chi connectivity index (χ4v) is 3.17. The third-order valence-electron chi connectivity index (χ3n) is 5.38. The van der Waals surface area contributed by atoms with Crippen LogP contribution in [0.25, 0.3) is 10.8 Å². The maximum absolute atomic E-state index is 10.6. The fourth-order valence-electron chi connectivity index (χ4n) is 3.17. The van der Waals surface area contributed by atoms with Gasteiger partial charge in [0, 0.05) is 57.6 Å². The van der Waals surface area contributed by atoms with Gasteiger partial charge in [0.05, 0.1) is 7.11 Å². The number of ether oxygens (including phenoxy) is 2. The molecule has 10 heteroatoms. The summed E-state index contributed by atoms with van der Waals surface area (Å²) in [6.45, 7) is 0. The van der Waals surface area contributed by atoms with Crippen LogP contribution in [0.15, 0.2) is 109 Å². The van der Waals surface area contributed by atoms with E-state index in [1.807, 2.05) is 67.7 Å². The second-order valence-electron chi connectivity index (χ2n) is 8.45. The van der Waals surface area contributed by atoms with Gasteiger partial charge in [-0.1, -0.05) is 24.3 Å². The Morgan fingerprint density at radius 2 is 0.927 bits per heavy atom. The van der Waals surface area contributed by atoms with Crippen molar-refractivity contribution in [2.45, 2.75) is 0 Å². The molecule has 0 aliphatic rings. The van der Waals surface area contributed by atoms with E-state index in [1.165, 1.54) is 7.11 Å². The molecule has 0 radical (unpaired) electrons. The van der Waals surface area contributed by atoms with Gasteiger partial charge in [-0.2, -0.15) is 0 Å². The van der Waals surface area contributed by atoms with Gasteiger partial charge in [-0.15, -0.1) is 0 Å². The van der Waals surface area contributed by atoms with Gasteiger partial charge in [-0.05, 0) is 84.9 Å². The lowest BCUT2D eigenvalue weighted by Crippen LogP contribution is -2.06. The summed E-state index contributed by atoms with van der Waals surface area (Å²) in [5.41, 5.74) is 38.7. The second-order valence-corrected chi connectivity index (χ2v) is 8.45. The average Bonchev–Trinajstić information content (AvgIpc) is 2.99. The number of carbonyl (C=O) groups excluding carboxylic acids is 1. The first-order chi connectivity index (χ1) is 19.6. The van der Waals surface area contributed by atoms with Gasteiger partial charge in [0.1, 0.15) is 5.75 Å². The Hall–Kier alpha value is -5.77. The molecule has 5 aromatic rings. The van der Waals surface area contributed by atoms with Crippen LogP contribution >= 0.6 is 0 Å². The normalized spacial score (nSPS) is 9.41. The van der Waals surface area contributed by atoms with Crippen LogP contribution in [-0.2, 0) is 4.74 Å². The van der Waals surface area contributed by atoms with Crippen molar-refractivity contribution in [1.29, 1.82) is 0 Å². The van der Waals surface area contributed by atoms with Crippen molar-refractivity contribution in [3.8, 4) is 5.75 Å². The van der Waals surface area contributed by atoms with Crippen LogP contribution in [0.1, 0.15) is 0 Å². The molecule has 0 aromatic heterocycles. The number of benzene rings is 5.